The fraction of sp³-hybridized carbons (Fsp3) is 1.00. The highest BCUT2D eigenvalue weighted by Crippen LogP contribution is 2.56. The molecule has 0 bridgehead atoms. The molecule has 0 atom stereocenters. The monoisotopic (exact) mass is 253 g/mol. The summed E-state index contributed by atoms with van der Waals surface area (Å²) in [5, 5.41) is 0. The van der Waals surface area contributed by atoms with E-state index in [9.17, 15) is 0 Å². The molecule has 0 heterocycles. The quantitative estimate of drug-likeness (QED) is 0.158. The lowest BCUT2D eigenvalue weighted by Crippen LogP contribution is -2.70. The summed E-state index contributed by atoms with van der Waals surface area (Å²) in [5.41, 5.74) is 22.7. The molecule has 0 rings (SSSR count). The molecule has 0 aromatic heterocycles. The molecule has 0 spiro atoms. The van der Waals surface area contributed by atoms with Gasteiger partial charge in [-0.2, -0.15) is 9.52 Å². The highest BCUT2D eigenvalue weighted by molar-refractivity contribution is 7.59. The van der Waals surface area contributed by atoms with Crippen LogP contribution in [0.25, 0.3) is 0 Å². The molecule has 0 unspecified atom stereocenters. The predicted octanol–water partition coefficient (Wildman–Crippen LogP) is -2.36. The smallest absolute Gasteiger partial charge is 0.188 e. The molecule has 0 radical (unpaired) electrons. The van der Waals surface area contributed by atoms with Crippen LogP contribution < -0.4 is 28.8 Å². The van der Waals surface area contributed by atoms with Gasteiger partial charge in [0, 0.05) is 0 Å². The standard InChI is InChI=1S/C6H24N9P/c1-13(2)16(12-11,14(3)4)15(5-7)6(8,9)10/h5,7-11H2,1-4H3. The summed E-state index contributed by atoms with van der Waals surface area (Å²) in [5.74, 6) is 3.93. The molecule has 0 saturated carbocycles. The highest BCUT2D eigenvalue weighted by Gasteiger charge is 2.40. The van der Waals surface area contributed by atoms with Gasteiger partial charge in [0.15, 0.2) is 13.4 Å². The van der Waals surface area contributed by atoms with Gasteiger partial charge < -0.3 is 5.73 Å². The zero-order valence-corrected chi connectivity index (χ0v) is 11.2. The van der Waals surface area contributed by atoms with Crippen molar-refractivity contribution in [1.82, 2.24) is 14.0 Å². The lowest BCUT2D eigenvalue weighted by molar-refractivity contribution is 0.196. The van der Waals surface area contributed by atoms with E-state index >= 15 is 0 Å². The van der Waals surface area contributed by atoms with Gasteiger partial charge in [0.1, 0.15) is 0 Å². The maximum absolute atomic E-state index is 5.69. The molecular weight excluding hydrogens is 229 g/mol. The fourth-order valence-corrected chi connectivity index (χ4v) is 4.36. The van der Waals surface area contributed by atoms with E-state index in [1.54, 1.807) is 0 Å². The Morgan fingerprint density at radius 1 is 1.06 bits per heavy atom. The molecule has 0 aliphatic heterocycles. The van der Waals surface area contributed by atoms with E-state index in [-0.39, 0.29) is 6.67 Å². The Balaban J connectivity index is 5.68. The SMILES string of the molecule is CN(C)P(=NN)(N(C)C)N(CN)C(N)(N)N. The predicted molar refractivity (Wildman–Crippen MR) is 67.1 cm³/mol. The lowest BCUT2D eigenvalue weighted by Gasteiger charge is -2.47. The van der Waals surface area contributed by atoms with Crippen LogP contribution in [0, 0.1) is 0 Å². The van der Waals surface area contributed by atoms with Crippen molar-refractivity contribution in [1.29, 1.82) is 0 Å². The molecular formula is C6H24N9P. The topological polar surface area (TPSA) is 152 Å². The van der Waals surface area contributed by atoms with Crippen molar-refractivity contribution in [2.75, 3.05) is 34.9 Å². The van der Waals surface area contributed by atoms with Crippen LogP contribution in [-0.2, 0) is 0 Å². The molecule has 0 amide bonds. The van der Waals surface area contributed by atoms with Crippen LogP contribution in [0.15, 0.2) is 4.85 Å². The van der Waals surface area contributed by atoms with Gasteiger partial charge in [-0.25, -0.2) is 5.84 Å². The molecule has 0 aromatic carbocycles. The molecule has 0 saturated heterocycles. The van der Waals surface area contributed by atoms with E-state index in [4.69, 9.17) is 28.8 Å². The molecule has 9 nitrogen and oxygen atoms in total. The van der Waals surface area contributed by atoms with Crippen LogP contribution in [0.3, 0.4) is 0 Å². The minimum absolute atomic E-state index is 0.0499. The molecule has 0 aliphatic carbocycles. The molecule has 16 heavy (non-hydrogen) atoms. The Morgan fingerprint density at radius 2 is 1.44 bits per heavy atom. The number of nitrogens with zero attached hydrogens (tertiary/aromatic N) is 4. The Labute approximate surface area is 96.7 Å². The van der Waals surface area contributed by atoms with Gasteiger partial charge in [0.05, 0.1) is 6.67 Å². The summed E-state index contributed by atoms with van der Waals surface area (Å²) < 4.78 is 5.13. The lowest BCUT2D eigenvalue weighted by atomic mass is 10.7. The largest absolute Gasteiger partial charge is 0.318 e. The van der Waals surface area contributed by atoms with Crippen molar-refractivity contribution < 1.29 is 0 Å². The van der Waals surface area contributed by atoms with Gasteiger partial charge in [0.25, 0.3) is 0 Å². The minimum Gasteiger partial charge on any atom is -0.318 e. The van der Waals surface area contributed by atoms with Crippen molar-refractivity contribution >= 4 is 7.51 Å². The summed E-state index contributed by atoms with van der Waals surface area (Å²) in [7, 11) is 4.82. The third kappa shape index (κ3) is 2.77. The Hall–Kier alpha value is -0.0900. The van der Waals surface area contributed by atoms with Gasteiger partial charge >= 0.3 is 0 Å². The van der Waals surface area contributed by atoms with Gasteiger partial charge in [-0.3, -0.25) is 26.5 Å². The van der Waals surface area contributed by atoms with Gasteiger partial charge in [-0.05, 0) is 28.2 Å². The van der Waals surface area contributed by atoms with Crippen molar-refractivity contribution in [2.45, 2.75) is 5.91 Å². The molecule has 10 N–H and O–H groups in total. The van der Waals surface area contributed by atoms with E-state index < -0.39 is 13.4 Å². The first-order chi connectivity index (χ1) is 7.14. The Kier molecular flexibility index (Phi) is 5.47. The van der Waals surface area contributed by atoms with Crippen LogP contribution >= 0.6 is 7.51 Å². The first kappa shape index (κ1) is 15.9. The van der Waals surface area contributed by atoms with Crippen molar-refractivity contribution in [3.8, 4) is 0 Å². The van der Waals surface area contributed by atoms with E-state index in [0.29, 0.717) is 0 Å². The summed E-state index contributed by atoms with van der Waals surface area (Å²) >= 11 is 0. The third-order valence-corrected chi connectivity index (χ3v) is 5.79. The Bertz CT molecular complexity index is 256. The average Bonchev–Trinajstić information content (AvgIpc) is 2.10. The average molecular weight is 253 g/mol. The van der Waals surface area contributed by atoms with Gasteiger partial charge in [-0.1, -0.05) is 0 Å². The van der Waals surface area contributed by atoms with Crippen LogP contribution in [-0.4, -0.2) is 54.8 Å². The number of hydrogen-bond donors (Lipinski definition) is 5. The van der Waals surface area contributed by atoms with Gasteiger partial charge in [-0.15, -0.1) is 0 Å². The molecule has 0 aromatic rings. The second kappa shape index (κ2) is 5.50. The third-order valence-electron chi connectivity index (χ3n) is 2.17. The summed E-state index contributed by atoms with van der Waals surface area (Å²) in [6, 6.07) is 0. The minimum atomic E-state index is -2.45. The zero-order valence-electron chi connectivity index (χ0n) is 10.3. The van der Waals surface area contributed by atoms with E-state index in [0.717, 1.165) is 0 Å². The summed E-state index contributed by atoms with van der Waals surface area (Å²) in [6.07, 6.45) is 0. The van der Waals surface area contributed by atoms with Crippen LogP contribution in [0.1, 0.15) is 0 Å². The first-order valence-corrected chi connectivity index (χ1v) is 6.26. The van der Waals surface area contributed by atoms with Crippen molar-refractivity contribution in [3.63, 3.8) is 0 Å². The zero-order chi connectivity index (χ0) is 13.1. The maximum atomic E-state index is 5.69. The maximum Gasteiger partial charge on any atom is 0.188 e. The number of rotatable bonds is 5. The molecule has 98 valence electrons. The van der Waals surface area contributed by atoms with E-state index in [1.165, 1.54) is 4.67 Å². The number of hydrogen-bond acceptors (Lipinski definition) is 5. The van der Waals surface area contributed by atoms with E-state index in [1.807, 2.05) is 37.5 Å². The van der Waals surface area contributed by atoms with E-state index in [2.05, 4.69) is 4.85 Å². The molecule has 0 aliphatic rings. The second-order valence-corrected chi connectivity index (χ2v) is 7.20. The van der Waals surface area contributed by atoms with Crippen LogP contribution in [0.4, 0.5) is 0 Å². The second-order valence-electron chi connectivity index (χ2n) is 3.82. The van der Waals surface area contributed by atoms with Crippen LogP contribution in [0.2, 0.25) is 0 Å². The van der Waals surface area contributed by atoms with Crippen LogP contribution in [0.5, 0.6) is 0 Å². The first-order valence-electron chi connectivity index (χ1n) is 4.66. The number of nitrogens with two attached hydrogens (primary N) is 5. The summed E-state index contributed by atoms with van der Waals surface area (Å²) in [4.78, 5) is 3.93. The van der Waals surface area contributed by atoms with Crippen molar-refractivity contribution in [3.05, 3.63) is 0 Å². The fourth-order valence-electron chi connectivity index (χ4n) is 1.56. The van der Waals surface area contributed by atoms with Crippen molar-refractivity contribution in [2.24, 2.45) is 33.6 Å². The normalized spacial score (nSPS) is 14.0. The Morgan fingerprint density at radius 3 is 1.50 bits per heavy atom. The highest BCUT2D eigenvalue weighted by atomic mass is 31.2. The molecule has 0 fully saturated rings. The molecule has 10 heteroatoms. The summed E-state index contributed by atoms with van der Waals surface area (Å²) in [6.45, 7) is 0.0499. The van der Waals surface area contributed by atoms with Gasteiger partial charge in [0.2, 0.25) is 0 Å².